The summed E-state index contributed by atoms with van der Waals surface area (Å²) in [5.74, 6) is -0.863. The van der Waals surface area contributed by atoms with Crippen LogP contribution >= 0.6 is 11.6 Å². The number of nitrogens with zero attached hydrogens (tertiary/aromatic N) is 1. The molecule has 1 amide bonds. The van der Waals surface area contributed by atoms with Gasteiger partial charge in [0.05, 0.1) is 11.2 Å². The first-order valence-corrected chi connectivity index (χ1v) is 7.28. The largest absolute Gasteiger partial charge is 0.271 e. The van der Waals surface area contributed by atoms with Gasteiger partial charge in [-0.25, -0.2) is 9.82 Å². The van der Waals surface area contributed by atoms with E-state index in [9.17, 15) is 9.18 Å². The van der Waals surface area contributed by atoms with Gasteiger partial charge in [-0.05, 0) is 40.6 Å². The molecule has 0 fully saturated rings. The molecular formula is C18H12ClFN2O. The van der Waals surface area contributed by atoms with E-state index in [1.165, 1.54) is 18.3 Å². The van der Waals surface area contributed by atoms with Crippen LogP contribution in [0.3, 0.4) is 0 Å². The van der Waals surface area contributed by atoms with E-state index in [1.54, 1.807) is 18.2 Å². The summed E-state index contributed by atoms with van der Waals surface area (Å²) in [6.07, 6.45) is 1.36. The van der Waals surface area contributed by atoms with Gasteiger partial charge in [-0.1, -0.05) is 48.0 Å². The fourth-order valence-electron chi connectivity index (χ4n) is 2.15. The maximum atomic E-state index is 13.3. The van der Waals surface area contributed by atoms with E-state index in [0.29, 0.717) is 11.1 Å². The van der Waals surface area contributed by atoms with E-state index in [1.807, 2.05) is 30.3 Å². The van der Waals surface area contributed by atoms with Crippen molar-refractivity contribution in [1.29, 1.82) is 0 Å². The maximum absolute atomic E-state index is 13.3. The molecule has 1 N–H and O–H groups in total. The van der Waals surface area contributed by atoms with Crippen LogP contribution in [0.4, 0.5) is 4.39 Å². The van der Waals surface area contributed by atoms with E-state index < -0.39 is 5.82 Å². The summed E-state index contributed by atoms with van der Waals surface area (Å²) < 4.78 is 13.3. The molecular weight excluding hydrogens is 315 g/mol. The highest BCUT2D eigenvalue weighted by molar-refractivity contribution is 6.30. The minimum atomic E-state index is -0.531. The minimum Gasteiger partial charge on any atom is -0.267 e. The smallest absolute Gasteiger partial charge is 0.267 e. The molecule has 0 aliphatic rings. The molecule has 23 heavy (non-hydrogen) atoms. The molecule has 3 rings (SSSR count). The van der Waals surface area contributed by atoms with Crippen molar-refractivity contribution >= 4 is 34.5 Å². The number of carbonyl (C=O) groups is 1. The van der Waals surface area contributed by atoms with Gasteiger partial charge < -0.3 is 0 Å². The highest BCUT2D eigenvalue weighted by Gasteiger charge is 2.05. The molecule has 0 unspecified atom stereocenters. The van der Waals surface area contributed by atoms with Gasteiger partial charge >= 0.3 is 0 Å². The molecule has 3 nitrogen and oxygen atoms in total. The Balaban J connectivity index is 1.72. The molecule has 0 aliphatic carbocycles. The second kappa shape index (κ2) is 6.58. The number of hydrazone groups is 1. The summed E-state index contributed by atoms with van der Waals surface area (Å²) in [6, 6.07) is 17.5. The van der Waals surface area contributed by atoms with Crippen LogP contribution in [-0.4, -0.2) is 12.1 Å². The number of rotatable bonds is 3. The molecule has 5 heteroatoms. The molecule has 3 aromatic carbocycles. The summed E-state index contributed by atoms with van der Waals surface area (Å²) in [6.45, 7) is 0. The van der Waals surface area contributed by atoms with E-state index in [2.05, 4.69) is 10.5 Å². The standard InChI is InChI=1S/C18H12ClFN2O/c19-16-8-5-12(9-17(16)20)11-21-22-18(23)15-7-6-13-3-1-2-4-14(13)10-15/h1-11H,(H,22,23). The number of hydrogen-bond donors (Lipinski definition) is 1. The van der Waals surface area contributed by atoms with Crippen LogP contribution in [0.25, 0.3) is 10.8 Å². The van der Waals surface area contributed by atoms with Crippen LogP contribution in [0.2, 0.25) is 5.02 Å². The lowest BCUT2D eigenvalue weighted by molar-refractivity contribution is 0.0955. The number of amides is 1. The third-order valence-electron chi connectivity index (χ3n) is 3.34. The molecule has 0 atom stereocenters. The molecule has 0 radical (unpaired) electrons. The first-order valence-electron chi connectivity index (χ1n) is 6.91. The number of nitrogens with one attached hydrogen (secondary N) is 1. The molecule has 0 saturated heterocycles. The molecule has 3 aromatic rings. The van der Waals surface area contributed by atoms with E-state index in [4.69, 9.17) is 11.6 Å². The highest BCUT2D eigenvalue weighted by atomic mass is 35.5. The number of fused-ring (bicyclic) bond motifs is 1. The minimum absolute atomic E-state index is 0.0438. The lowest BCUT2D eigenvalue weighted by atomic mass is 10.1. The average molecular weight is 327 g/mol. The number of benzene rings is 3. The number of carbonyl (C=O) groups excluding carboxylic acids is 1. The van der Waals surface area contributed by atoms with Crippen LogP contribution in [0.5, 0.6) is 0 Å². The predicted octanol–water partition coefficient (Wildman–Crippen LogP) is 4.40. The fraction of sp³-hybridized carbons (Fsp3) is 0. The first-order chi connectivity index (χ1) is 11.1. The molecule has 0 bridgehead atoms. The van der Waals surface area contributed by atoms with Gasteiger partial charge in [0.1, 0.15) is 5.82 Å². The zero-order valence-corrected chi connectivity index (χ0v) is 12.7. The van der Waals surface area contributed by atoms with Crippen molar-refractivity contribution in [2.45, 2.75) is 0 Å². The van der Waals surface area contributed by atoms with Crippen molar-refractivity contribution < 1.29 is 9.18 Å². The Labute approximate surface area is 137 Å². The number of halogens is 2. The summed E-state index contributed by atoms with van der Waals surface area (Å²) in [5.41, 5.74) is 3.43. The Bertz CT molecular complexity index is 908. The Kier molecular flexibility index (Phi) is 4.35. The molecule has 0 spiro atoms. The summed E-state index contributed by atoms with van der Waals surface area (Å²) in [7, 11) is 0. The van der Waals surface area contributed by atoms with Crippen molar-refractivity contribution in [3.05, 3.63) is 82.6 Å². The lowest BCUT2D eigenvalue weighted by Crippen LogP contribution is -2.17. The van der Waals surface area contributed by atoms with Crippen LogP contribution in [0, 0.1) is 5.82 Å². The lowest BCUT2D eigenvalue weighted by Gasteiger charge is -2.02. The zero-order chi connectivity index (χ0) is 16.2. The Morgan fingerprint density at radius 1 is 1.04 bits per heavy atom. The van der Waals surface area contributed by atoms with Gasteiger partial charge in [-0.15, -0.1) is 0 Å². The summed E-state index contributed by atoms with van der Waals surface area (Å²) in [4.78, 5) is 12.1. The summed E-state index contributed by atoms with van der Waals surface area (Å²) >= 11 is 5.60. The highest BCUT2D eigenvalue weighted by Crippen LogP contribution is 2.16. The van der Waals surface area contributed by atoms with Crippen molar-refractivity contribution in [1.82, 2.24) is 5.43 Å². The third kappa shape index (κ3) is 3.55. The van der Waals surface area contributed by atoms with Crippen molar-refractivity contribution in [3.63, 3.8) is 0 Å². The zero-order valence-electron chi connectivity index (χ0n) is 12.0. The Hall–Kier alpha value is -2.72. The van der Waals surface area contributed by atoms with E-state index in [-0.39, 0.29) is 10.9 Å². The maximum Gasteiger partial charge on any atom is 0.271 e. The van der Waals surface area contributed by atoms with E-state index >= 15 is 0 Å². The average Bonchev–Trinajstić information content (AvgIpc) is 2.57. The van der Waals surface area contributed by atoms with E-state index in [0.717, 1.165) is 10.8 Å². The second-order valence-electron chi connectivity index (χ2n) is 4.93. The quantitative estimate of drug-likeness (QED) is 0.562. The van der Waals surface area contributed by atoms with Crippen molar-refractivity contribution in [2.75, 3.05) is 0 Å². The van der Waals surface area contributed by atoms with Crippen LogP contribution in [-0.2, 0) is 0 Å². The van der Waals surface area contributed by atoms with Crippen LogP contribution < -0.4 is 5.43 Å². The van der Waals surface area contributed by atoms with Crippen LogP contribution in [0.15, 0.2) is 65.8 Å². The fourth-order valence-corrected chi connectivity index (χ4v) is 2.27. The third-order valence-corrected chi connectivity index (χ3v) is 3.64. The molecule has 0 heterocycles. The monoisotopic (exact) mass is 326 g/mol. The Morgan fingerprint density at radius 2 is 1.83 bits per heavy atom. The van der Waals surface area contributed by atoms with Crippen molar-refractivity contribution in [3.8, 4) is 0 Å². The predicted molar refractivity (Wildman–Crippen MR) is 90.4 cm³/mol. The second-order valence-corrected chi connectivity index (χ2v) is 5.34. The number of hydrogen-bond acceptors (Lipinski definition) is 2. The Morgan fingerprint density at radius 3 is 2.61 bits per heavy atom. The first kappa shape index (κ1) is 15.2. The van der Waals surface area contributed by atoms with Crippen molar-refractivity contribution in [2.24, 2.45) is 5.10 Å². The molecule has 0 aromatic heterocycles. The SMILES string of the molecule is O=C(NN=Cc1ccc(Cl)c(F)c1)c1ccc2ccccc2c1. The molecule has 0 saturated carbocycles. The van der Waals surface area contributed by atoms with Gasteiger partial charge in [0.25, 0.3) is 5.91 Å². The topological polar surface area (TPSA) is 41.5 Å². The summed E-state index contributed by atoms with van der Waals surface area (Å²) in [5, 5.41) is 5.91. The van der Waals surface area contributed by atoms with Gasteiger partial charge in [0.2, 0.25) is 0 Å². The van der Waals surface area contributed by atoms with Gasteiger partial charge in [-0.2, -0.15) is 5.10 Å². The van der Waals surface area contributed by atoms with Gasteiger partial charge in [0, 0.05) is 5.56 Å². The normalized spacial score (nSPS) is 11.0. The molecule has 0 aliphatic heterocycles. The van der Waals surface area contributed by atoms with Gasteiger partial charge in [0.15, 0.2) is 0 Å². The molecule has 114 valence electrons. The van der Waals surface area contributed by atoms with Gasteiger partial charge in [-0.3, -0.25) is 4.79 Å². The van der Waals surface area contributed by atoms with Crippen LogP contribution in [0.1, 0.15) is 15.9 Å².